The van der Waals surface area contributed by atoms with E-state index in [-0.39, 0.29) is 11.8 Å². The van der Waals surface area contributed by atoms with E-state index in [2.05, 4.69) is 37.5 Å². The number of rotatable bonds is 8. The van der Waals surface area contributed by atoms with Gasteiger partial charge in [-0.1, -0.05) is 53.7 Å². The van der Waals surface area contributed by atoms with E-state index in [4.69, 9.17) is 4.52 Å². The van der Waals surface area contributed by atoms with Crippen LogP contribution in [0.5, 0.6) is 0 Å². The highest BCUT2D eigenvalue weighted by atomic mass is 16.5. The van der Waals surface area contributed by atoms with E-state index in [0.717, 1.165) is 42.6 Å². The Balaban J connectivity index is 1.14. The zero-order valence-electron chi connectivity index (χ0n) is 19.9. The molecule has 8 nitrogen and oxygen atoms in total. The number of carbonyl (C=O) groups is 1. The molecule has 1 fully saturated rings. The molecule has 1 unspecified atom stereocenters. The number of imidazole rings is 1. The van der Waals surface area contributed by atoms with Crippen molar-refractivity contribution in [2.45, 2.75) is 39.4 Å². The number of nitrogens with zero attached hydrogens (tertiary/aromatic N) is 5. The molecule has 8 heteroatoms. The molecule has 2 aromatic carbocycles. The van der Waals surface area contributed by atoms with E-state index >= 15 is 0 Å². The van der Waals surface area contributed by atoms with E-state index in [1.165, 1.54) is 5.56 Å². The van der Waals surface area contributed by atoms with Crippen molar-refractivity contribution in [1.82, 2.24) is 29.9 Å². The topological polar surface area (TPSA) is 89.1 Å². The minimum Gasteiger partial charge on any atom is -0.352 e. The lowest BCUT2D eigenvalue weighted by Crippen LogP contribution is -2.42. The molecule has 5 rings (SSSR count). The lowest BCUT2D eigenvalue weighted by molar-refractivity contribution is -0.127. The van der Waals surface area contributed by atoms with Crippen molar-refractivity contribution in [3.8, 4) is 11.4 Å². The molecule has 1 aliphatic heterocycles. The number of aromatic nitrogens is 4. The predicted molar refractivity (Wildman–Crippen MR) is 132 cm³/mol. The maximum Gasteiger partial charge on any atom is 0.241 e. The maximum absolute atomic E-state index is 12.9. The van der Waals surface area contributed by atoms with Crippen molar-refractivity contribution < 1.29 is 9.32 Å². The third kappa shape index (κ3) is 5.84. The molecule has 2 aromatic heterocycles. The molecule has 0 saturated carbocycles. The third-order valence-electron chi connectivity index (χ3n) is 6.47. The number of likely N-dealkylation sites (tertiary alicyclic amines) is 1. The maximum atomic E-state index is 12.9. The van der Waals surface area contributed by atoms with Gasteiger partial charge in [-0.15, -0.1) is 0 Å². The molecule has 0 bridgehead atoms. The molecule has 35 heavy (non-hydrogen) atoms. The fourth-order valence-electron chi connectivity index (χ4n) is 4.62. The number of aryl methyl sites for hydroxylation is 1. The first kappa shape index (κ1) is 23.0. The molecule has 1 saturated heterocycles. The standard InChI is InChI=1S/C27H30N6O2/c1-20-6-2-3-10-24(20)26-30-25(35-31-26)18-32-12-5-9-23(17-32)27(34)29-15-21-7-4-8-22(14-21)16-33-13-11-28-19-33/h2-4,6-8,10-11,13-14,19,23H,5,9,12,15-18H2,1H3,(H,29,34). The summed E-state index contributed by atoms with van der Waals surface area (Å²) in [6.07, 6.45) is 7.39. The predicted octanol–water partition coefficient (Wildman–Crippen LogP) is 3.82. The molecule has 1 N–H and O–H groups in total. The fourth-order valence-corrected chi connectivity index (χ4v) is 4.62. The minimum absolute atomic E-state index is 0.0448. The van der Waals surface area contributed by atoms with Gasteiger partial charge in [-0.3, -0.25) is 9.69 Å². The van der Waals surface area contributed by atoms with Crippen molar-refractivity contribution in [3.05, 3.63) is 89.8 Å². The summed E-state index contributed by atoms with van der Waals surface area (Å²) < 4.78 is 7.55. The molecule has 4 aromatic rings. The summed E-state index contributed by atoms with van der Waals surface area (Å²) in [7, 11) is 0. The smallest absolute Gasteiger partial charge is 0.241 e. The van der Waals surface area contributed by atoms with Crippen LogP contribution in [0.2, 0.25) is 0 Å². The number of hydrogen-bond donors (Lipinski definition) is 1. The van der Waals surface area contributed by atoms with Crippen LogP contribution in [0.15, 0.2) is 71.8 Å². The average Bonchev–Trinajstić information content (AvgIpc) is 3.56. The van der Waals surface area contributed by atoms with Crippen LogP contribution in [0.25, 0.3) is 11.4 Å². The fraction of sp³-hybridized carbons (Fsp3) is 0.333. The van der Waals surface area contributed by atoms with Gasteiger partial charge in [-0.25, -0.2) is 4.98 Å². The second kappa shape index (κ2) is 10.7. The summed E-state index contributed by atoms with van der Waals surface area (Å²) >= 11 is 0. The summed E-state index contributed by atoms with van der Waals surface area (Å²) in [6.45, 7) is 5.49. The first-order chi connectivity index (χ1) is 17.1. The van der Waals surface area contributed by atoms with Gasteiger partial charge in [0.05, 0.1) is 18.8 Å². The van der Waals surface area contributed by atoms with Crippen LogP contribution < -0.4 is 5.32 Å². The van der Waals surface area contributed by atoms with Crippen LogP contribution in [0.1, 0.15) is 35.4 Å². The van der Waals surface area contributed by atoms with Crippen LogP contribution in [0.3, 0.4) is 0 Å². The normalized spacial score (nSPS) is 16.3. The number of carbonyl (C=O) groups excluding carboxylic acids is 1. The van der Waals surface area contributed by atoms with Gasteiger partial charge in [0.15, 0.2) is 0 Å². The van der Waals surface area contributed by atoms with Crippen molar-refractivity contribution in [2.75, 3.05) is 13.1 Å². The molecule has 0 spiro atoms. The summed E-state index contributed by atoms with van der Waals surface area (Å²) in [6, 6.07) is 16.3. The molecule has 3 heterocycles. The number of benzene rings is 2. The SMILES string of the molecule is Cc1ccccc1-c1noc(CN2CCCC(C(=O)NCc3cccc(Cn4ccnc4)c3)C2)n1. The number of hydrogen-bond acceptors (Lipinski definition) is 6. The molecule has 1 amide bonds. The molecule has 0 aliphatic carbocycles. The zero-order chi connectivity index (χ0) is 24.0. The average molecular weight is 471 g/mol. The molecule has 1 atom stereocenters. The Kier molecular flexibility index (Phi) is 6.99. The minimum atomic E-state index is -0.0448. The lowest BCUT2D eigenvalue weighted by Gasteiger charge is -2.30. The van der Waals surface area contributed by atoms with Gasteiger partial charge in [-0.05, 0) is 43.0 Å². The largest absolute Gasteiger partial charge is 0.352 e. The number of piperidine rings is 1. The lowest BCUT2D eigenvalue weighted by atomic mass is 9.97. The van der Waals surface area contributed by atoms with Gasteiger partial charge in [0, 0.05) is 37.6 Å². The van der Waals surface area contributed by atoms with Gasteiger partial charge in [-0.2, -0.15) is 4.98 Å². The van der Waals surface area contributed by atoms with Gasteiger partial charge < -0.3 is 14.4 Å². The highest BCUT2D eigenvalue weighted by molar-refractivity contribution is 5.79. The highest BCUT2D eigenvalue weighted by Crippen LogP contribution is 2.22. The van der Waals surface area contributed by atoms with E-state index in [9.17, 15) is 4.79 Å². The highest BCUT2D eigenvalue weighted by Gasteiger charge is 2.27. The summed E-state index contributed by atoms with van der Waals surface area (Å²) in [5.41, 5.74) is 4.37. The Labute approximate surface area is 205 Å². The Morgan fingerprint density at radius 2 is 2.03 bits per heavy atom. The first-order valence-electron chi connectivity index (χ1n) is 12.1. The quantitative estimate of drug-likeness (QED) is 0.421. The molecular formula is C27H30N6O2. The van der Waals surface area contributed by atoms with Crippen LogP contribution in [0.4, 0.5) is 0 Å². The van der Waals surface area contributed by atoms with Crippen molar-refractivity contribution in [2.24, 2.45) is 5.92 Å². The Hall–Kier alpha value is -3.78. The summed E-state index contributed by atoms with van der Waals surface area (Å²) in [4.78, 5) is 23.8. The van der Waals surface area contributed by atoms with E-state index in [1.54, 1.807) is 12.5 Å². The molecule has 0 radical (unpaired) electrons. The van der Waals surface area contributed by atoms with Crippen LogP contribution in [0, 0.1) is 12.8 Å². The summed E-state index contributed by atoms with van der Waals surface area (Å²) in [5, 5.41) is 7.30. The number of amides is 1. The molecule has 180 valence electrons. The first-order valence-corrected chi connectivity index (χ1v) is 12.1. The van der Waals surface area contributed by atoms with Gasteiger partial charge >= 0.3 is 0 Å². The zero-order valence-corrected chi connectivity index (χ0v) is 19.9. The third-order valence-corrected chi connectivity index (χ3v) is 6.47. The van der Waals surface area contributed by atoms with E-state index in [0.29, 0.717) is 31.3 Å². The van der Waals surface area contributed by atoms with E-state index < -0.39 is 0 Å². The monoisotopic (exact) mass is 470 g/mol. The van der Waals surface area contributed by atoms with Crippen LogP contribution >= 0.6 is 0 Å². The van der Waals surface area contributed by atoms with Crippen molar-refractivity contribution >= 4 is 5.91 Å². The number of nitrogens with one attached hydrogen (secondary N) is 1. The van der Waals surface area contributed by atoms with Crippen LogP contribution in [-0.4, -0.2) is 43.6 Å². The second-order valence-electron chi connectivity index (χ2n) is 9.17. The Morgan fingerprint density at radius 1 is 1.14 bits per heavy atom. The van der Waals surface area contributed by atoms with Gasteiger partial charge in [0.2, 0.25) is 17.6 Å². The van der Waals surface area contributed by atoms with Crippen molar-refractivity contribution in [1.29, 1.82) is 0 Å². The summed E-state index contributed by atoms with van der Waals surface area (Å²) in [5.74, 6) is 1.25. The second-order valence-corrected chi connectivity index (χ2v) is 9.17. The Bertz CT molecular complexity index is 1270. The molecule has 1 aliphatic rings. The Morgan fingerprint density at radius 3 is 2.89 bits per heavy atom. The van der Waals surface area contributed by atoms with Crippen LogP contribution in [-0.2, 0) is 24.4 Å². The van der Waals surface area contributed by atoms with E-state index in [1.807, 2.05) is 54.1 Å². The van der Waals surface area contributed by atoms with Gasteiger partial charge in [0.25, 0.3) is 0 Å². The van der Waals surface area contributed by atoms with Crippen molar-refractivity contribution in [3.63, 3.8) is 0 Å². The van der Waals surface area contributed by atoms with Gasteiger partial charge in [0.1, 0.15) is 0 Å². The molecular weight excluding hydrogens is 440 g/mol.